The number of aromatic nitrogens is 2. The number of benzene rings is 1. The summed E-state index contributed by atoms with van der Waals surface area (Å²) in [4.78, 5) is 22.9. The highest BCUT2D eigenvalue weighted by Gasteiger charge is 2.35. The summed E-state index contributed by atoms with van der Waals surface area (Å²) in [5, 5.41) is 0. The number of aryl methyl sites for hydroxylation is 1. The number of nitrogens with zero attached hydrogens (tertiary/aromatic N) is 2. The molecule has 1 aromatic carbocycles. The molecule has 3 heterocycles. The molecule has 0 spiro atoms. The first-order valence-corrected chi connectivity index (χ1v) is 9.26. The maximum atomic E-state index is 12.9. The van der Waals surface area contributed by atoms with E-state index < -0.39 is 0 Å². The molecule has 1 N–H and O–H groups in total. The summed E-state index contributed by atoms with van der Waals surface area (Å²) in [6, 6.07) is 8.43. The zero-order chi connectivity index (χ0) is 17.2. The number of hydrogen-bond donors (Lipinski definition) is 1. The van der Waals surface area contributed by atoms with Crippen LogP contribution in [-0.2, 0) is 9.53 Å². The third kappa shape index (κ3) is 3.33. The van der Waals surface area contributed by atoms with E-state index in [0.29, 0.717) is 6.61 Å². The topological polar surface area (TPSA) is 58.2 Å². The monoisotopic (exact) mass is 339 g/mol. The predicted molar refractivity (Wildman–Crippen MR) is 96.0 cm³/mol. The molecule has 1 aromatic heterocycles. The molecular weight excluding hydrogens is 314 g/mol. The second-order valence-corrected chi connectivity index (χ2v) is 7.09. The predicted octanol–water partition coefficient (Wildman–Crippen LogP) is 3.62. The van der Waals surface area contributed by atoms with Gasteiger partial charge in [-0.15, -0.1) is 0 Å². The molecule has 2 aliphatic heterocycles. The number of carbonyl (C=O) groups is 1. The van der Waals surface area contributed by atoms with Gasteiger partial charge in [0.1, 0.15) is 11.9 Å². The number of H-pyrrole nitrogens is 1. The van der Waals surface area contributed by atoms with Crippen molar-refractivity contribution >= 4 is 5.91 Å². The van der Waals surface area contributed by atoms with Crippen LogP contribution < -0.4 is 0 Å². The molecule has 2 aromatic rings. The van der Waals surface area contributed by atoms with Crippen LogP contribution in [0.3, 0.4) is 0 Å². The van der Waals surface area contributed by atoms with Crippen LogP contribution in [0.1, 0.15) is 49.5 Å². The van der Waals surface area contributed by atoms with E-state index in [9.17, 15) is 4.79 Å². The fourth-order valence-electron chi connectivity index (χ4n) is 3.82. The average molecular weight is 339 g/mol. The van der Waals surface area contributed by atoms with E-state index in [2.05, 4.69) is 41.2 Å². The molecule has 0 saturated carbocycles. The molecular formula is C20H25N3O2. The van der Waals surface area contributed by atoms with Crippen LogP contribution in [0.4, 0.5) is 0 Å². The van der Waals surface area contributed by atoms with Gasteiger partial charge < -0.3 is 14.6 Å². The van der Waals surface area contributed by atoms with Gasteiger partial charge in [0.25, 0.3) is 5.91 Å². The molecule has 5 nitrogen and oxygen atoms in total. The number of hydrogen-bond acceptors (Lipinski definition) is 3. The summed E-state index contributed by atoms with van der Waals surface area (Å²) >= 11 is 0. The highest BCUT2D eigenvalue weighted by molar-refractivity contribution is 5.81. The van der Waals surface area contributed by atoms with Gasteiger partial charge in [0, 0.05) is 13.2 Å². The lowest BCUT2D eigenvalue weighted by atomic mass is 10.0. The second kappa shape index (κ2) is 7.00. The van der Waals surface area contributed by atoms with Crippen LogP contribution in [0.5, 0.6) is 0 Å². The van der Waals surface area contributed by atoms with Crippen molar-refractivity contribution < 1.29 is 9.53 Å². The number of rotatable bonds is 3. The SMILES string of the molecule is Cc1ccc(-c2cnc([C@H]3CCCCN3C(=O)[C@@H]3CCCO3)[nH]2)cc1. The van der Waals surface area contributed by atoms with Crippen molar-refractivity contribution in [1.82, 2.24) is 14.9 Å². The Kier molecular flexibility index (Phi) is 4.57. The minimum atomic E-state index is -0.257. The third-order valence-corrected chi connectivity index (χ3v) is 5.26. The van der Waals surface area contributed by atoms with Crippen LogP contribution in [0.15, 0.2) is 30.5 Å². The van der Waals surface area contributed by atoms with Crippen LogP contribution in [0, 0.1) is 6.92 Å². The Bertz CT molecular complexity index is 732. The van der Waals surface area contributed by atoms with Crippen molar-refractivity contribution in [2.75, 3.05) is 13.2 Å². The normalized spacial score (nSPS) is 23.8. The summed E-state index contributed by atoms with van der Waals surface area (Å²) < 4.78 is 5.62. The first kappa shape index (κ1) is 16.3. The minimum absolute atomic E-state index is 0.0321. The van der Waals surface area contributed by atoms with E-state index in [1.54, 1.807) is 0 Å². The van der Waals surface area contributed by atoms with Gasteiger partial charge in [-0.25, -0.2) is 4.98 Å². The van der Waals surface area contributed by atoms with Gasteiger partial charge in [-0.3, -0.25) is 4.79 Å². The molecule has 0 aliphatic carbocycles. The molecule has 0 bridgehead atoms. The molecule has 2 atom stereocenters. The summed E-state index contributed by atoms with van der Waals surface area (Å²) in [5.41, 5.74) is 3.37. The van der Waals surface area contributed by atoms with Gasteiger partial charge in [-0.2, -0.15) is 0 Å². The van der Waals surface area contributed by atoms with Crippen molar-refractivity contribution in [1.29, 1.82) is 0 Å². The van der Waals surface area contributed by atoms with Crippen molar-refractivity contribution in [2.24, 2.45) is 0 Å². The summed E-state index contributed by atoms with van der Waals surface area (Å²) in [6.07, 6.45) is 6.58. The van der Waals surface area contributed by atoms with Crippen LogP contribution >= 0.6 is 0 Å². The highest BCUT2D eigenvalue weighted by atomic mass is 16.5. The van der Waals surface area contributed by atoms with E-state index in [1.807, 2.05) is 11.1 Å². The maximum Gasteiger partial charge on any atom is 0.252 e. The van der Waals surface area contributed by atoms with Gasteiger partial charge in [0.2, 0.25) is 0 Å². The molecule has 1 amide bonds. The first-order valence-electron chi connectivity index (χ1n) is 9.26. The van der Waals surface area contributed by atoms with Gasteiger partial charge in [-0.1, -0.05) is 29.8 Å². The zero-order valence-corrected chi connectivity index (χ0v) is 14.7. The third-order valence-electron chi connectivity index (χ3n) is 5.26. The maximum absolute atomic E-state index is 12.9. The Morgan fingerprint density at radius 3 is 2.80 bits per heavy atom. The Labute approximate surface area is 148 Å². The number of aromatic amines is 1. The summed E-state index contributed by atoms with van der Waals surface area (Å²) in [6.45, 7) is 3.58. The molecule has 2 aliphatic rings. The molecule has 5 heteroatoms. The van der Waals surface area contributed by atoms with Crippen molar-refractivity contribution in [3.63, 3.8) is 0 Å². The van der Waals surface area contributed by atoms with Gasteiger partial charge in [-0.05, 0) is 44.6 Å². The fourth-order valence-corrected chi connectivity index (χ4v) is 3.82. The number of imidazole rings is 1. The van der Waals surface area contributed by atoms with Crippen molar-refractivity contribution in [2.45, 2.75) is 51.2 Å². The van der Waals surface area contributed by atoms with E-state index in [-0.39, 0.29) is 18.1 Å². The minimum Gasteiger partial charge on any atom is -0.368 e. The number of carbonyl (C=O) groups excluding carboxylic acids is 1. The van der Waals surface area contributed by atoms with E-state index in [4.69, 9.17) is 4.74 Å². The molecule has 2 saturated heterocycles. The number of nitrogens with one attached hydrogen (secondary N) is 1. The fraction of sp³-hybridized carbons (Fsp3) is 0.500. The number of amides is 1. The quantitative estimate of drug-likeness (QED) is 0.929. The van der Waals surface area contributed by atoms with Crippen molar-refractivity contribution in [3.05, 3.63) is 41.9 Å². The van der Waals surface area contributed by atoms with Crippen molar-refractivity contribution in [3.8, 4) is 11.3 Å². The molecule has 25 heavy (non-hydrogen) atoms. The van der Waals surface area contributed by atoms with E-state index in [1.165, 1.54) is 5.56 Å². The molecule has 2 fully saturated rings. The lowest BCUT2D eigenvalue weighted by Gasteiger charge is -2.35. The molecule has 0 radical (unpaired) electrons. The van der Waals surface area contributed by atoms with Gasteiger partial charge >= 0.3 is 0 Å². The van der Waals surface area contributed by atoms with E-state index >= 15 is 0 Å². The largest absolute Gasteiger partial charge is 0.368 e. The van der Waals surface area contributed by atoms with Crippen LogP contribution in [0.2, 0.25) is 0 Å². The van der Waals surface area contributed by atoms with E-state index in [0.717, 1.165) is 55.7 Å². The van der Waals surface area contributed by atoms with Crippen LogP contribution in [0.25, 0.3) is 11.3 Å². The lowest BCUT2D eigenvalue weighted by Crippen LogP contribution is -2.44. The highest BCUT2D eigenvalue weighted by Crippen LogP contribution is 2.32. The average Bonchev–Trinajstić information content (AvgIpc) is 3.34. The Morgan fingerprint density at radius 1 is 1.20 bits per heavy atom. The number of likely N-dealkylation sites (tertiary alicyclic amines) is 1. The Hall–Kier alpha value is -2.14. The molecule has 132 valence electrons. The second-order valence-electron chi connectivity index (χ2n) is 7.09. The molecule has 0 unspecified atom stereocenters. The summed E-state index contributed by atoms with van der Waals surface area (Å²) in [5.74, 6) is 1.03. The van der Waals surface area contributed by atoms with Gasteiger partial charge in [0.05, 0.1) is 17.9 Å². The first-order chi connectivity index (χ1) is 12.2. The number of ether oxygens (including phenoxy) is 1. The number of piperidine rings is 1. The zero-order valence-electron chi connectivity index (χ0n) is 14.7. The molecule has 4 rings (SSSR count). The Balaban J connectivity index is 1.56. The Morgan fingerprint density at radius 2 is 2.04 bits per heavy atom. The standard InChI is InChI=1S/C20H25N3O2/c1-14-7-9-15(10-8-14)16-13-21-19(22-16)17-5-2-3-11-23(17)20(24)18-6-4-12-25-18/h7-10,13,17-18H,2-6,11-12H2,1H3,(H,21,22)/t17-,18+/m1/s1. The smallest absolute Gasteiger partial charge is 0.252 e. The lowest BCUT2D eigenvalue weighted by molar-refractivity contribution is -0.145. The van der Waals surface area contributed by atoms with Gasteiger partial charge in [0.15, 0.2) is 0 Å². The summed E-state index contributed by atoms with van der Waals surface area (Å²) in [7, 11) is 0. The van der Waals surface area contributed by atoms with Crippen LogP contribution in [-0.4, -0.2) is 40.0 Å².